The van der Waals surface area contributed by atoms with Crippen molar-refractivity contribution in [1.29, 1.82) is 0 Å². The normalized spacial score (nSPS) is 45.8. The fourth-order valence-corrected chi connectivity index (χ4v) is 2.78. The van der Waals surface area contributed by atoms with Crippen molar-refractivity contribution in [2.24, 2.45) is 11.1 Å². The molecule has 2 bridgehead atoms. The summed E-state index contributed by atoms with van der Waals surface area (Å²) in [4.78, 5) is 11.1. The number of ether oxygens (including phenoxy) is 1. The second kappa shape index (κ2) is 2.07. The SMILES string of the molecule is CC1(C)OC2(CN)CC1(C(=O)O)C2. The Morgan fingerprint density at radius 2 is 2.08 bits per heavy atom. The number of carboxylic acids is 1. The van der Waals surface area contributed by atoms with E-state index < -0.39 is 17.0 Å². The van der Waals surface area contributed by atoms with Gasteiger partial charge in [0.25, 0.3) is 0 Å². The predicted molar refractivity (Wildman–Crippen MR) is 46.3 cm³/mol. The average Bonchev–Trinajstić information content (AvgIpc) is 2.29. The highest BCUT2D eigenvalue weighted by Crippen LogP contribution is 2.66. The van der Waals surface area contributed by atoms with Crippen molar-refractivity contribution in [1.82, 2.24) is 0 Å². The first kappa shape index (κ1) is 8.97. The summed E-state index contributed by atoms with van der Waals surface area (Å²) in [6.07, 6.45) is 1.14. The lowest BCUT2D eigenvalue weighted by atomic mass is 9.56. The third-order valence-corrected chi connectivity index (χ3v) is 3.65. The van der Waals surface area contributed by atoms with Crippen LogP contribution < -0.4 is 5.73 Å². The molecule has 2 aliphatic heterocycles. The smallest absolute Gasteiger partial charge is 0.312 e. The molecule has 3 rings (SSSR count). The largest absolute Gasteiger partial charge is 0.481 e. The molecular weight excluding hydrogens is 170 g/mol. The van der Waals surface area contributed by atoms with Gasteiger partial charge in [0.15, 0.2) is 0 Å². The van der Waals surface area contributed by atoms with E-state index in [9.17, 15) is 4.79 Å². The maximum Gasteiger partial charge on any atom is 0.312 e. The van der Waals surface area contributed by atoms with Crippen LogP contribution in [0.25, 0.3) is 0 Å². The number of carboxylic acid groups (broad SMARTS) is 1. The highest BCUT2D eigenvalue weighted by molar-refractivity contribution is 5.79. The van der Waals surface area contributed by atoms with Crippen LogP contribution in [-0.4, -0.2) is 28.8 Å². The zero-order valence-electron chi connectivity index (χ0n) is 7.96. The van der Waals surface area contributed by atoms with Gasteiger partial charge in [-0.15, -0.1) is 0 Å². The molecule has 3 aliphatic rings. The monoisotopic (exact) mass is 185 g/mol. The molecule has 4 nitrogen and oxygen atoms in total. The Morgan fingerprint density at radius 3 is 2.31 bits per heavy atom. The molecule has 0 aromatic heterocycles. The maximum atomic E-state index is 11.1. The van der Waals surface area contributed by atoms with Crippen LogP contribution in [0.4, 0.5) is 0 Å². The fraction of sp³-hybridized carbons (Fsp3) is 0.889. The van der Waals surface area contributed by atoms with E-state index in [0.29, 0.717) is 19.4 Å². The summed E-state index contributed by atoms with van der Waals surface area (Å²) in [5.41, 5.74) is 3.96. The summed E-state index contributed by atoms with van der Waals surface area (Å²) in [6.45, 7) is 4.10. The number of rotatable bonds is 2. The summed E-state index contributed by atoms with van der Waals surface area (Å²) in [5.74, 6) is -0.751. The first-order chi connectivity index (χ1) is 5.88. The molecule has 4 heteroatoms. The van der Waals surface area contributed by atoms with Crippen LogP contribution in [0.5, 0.6) is 0 Å². The Morgan fingerprint density at radius 1 is 1.54 bits per heavy atom. The molecule has 1 aliphatic carbocycles. The van der Waals surface area contributed by atoms with Gasteiger partial charge in [-0.1, -0.05) is 0 Å². The van der Waals surface area contributed by atoms with Gasteiger partial charge in [0.05, 0.1) is 11.2 Å². The minimum Gasteiger partial charge on any atom is -0.481 e. The first-order valence-electron chi connectivity index (χ1n) is 4.51. The maximum absolute atomic E-state index is 11.1. The van der Waals surface area contributed by atoms with Crippen molar-refractivity contribution >= 4 is 5.97 Å². The third-order valence-electron chi connectivity index (χ3n) is 3.65. The summed E-state index contributed by atoms with van der Waals surface area (Å²) < 4.78 is 5.72. The van der Waals surface area contributed by atoms with E-state index >= 15 is 0 Å². The lowest BCUT2D eigenvalue weighted by Gasteiger charge is -2.42. The molecule has 0 unspecified atom stereocenters. The summed E-state index contributed by atoms with van der Waals surface area (Å²) >= 11 is 0. The van der Waals surface area contributed by atoms with Crippen LogP contribution >= 0.6 is 0 Å². The van der Waals surface area contributed by atoms with Gasteiger partial charge in [-0.3, -0.25) is 4.79 Å². The Labute approximate surface area is 77.1 Å². The van der Waals surface area contributed by atoms with Crippen LogP contribution in [0.1, 0.15) is 26.7 Å². The average molecular weight is 185 g/mol. The molecule has 0 amide bonds. The zero-order valence-corrected chi connectivity index (χ0v) is 7.96. The lowest BCUT2D eigenvalue weighted by molar-refractivity contribution is -0.156. The molecule has 74 valence electrons. The van der Waals surface area contributed by atoms with Crippen LogP contribution in [0.15, 0.2) is 0 Å². The van der Waals surface area contributed by atoms with Gasteiger partial charge < -0.3 is 15.6 Å². The van der Waals surface area contributed by atoms with Crippen molar-refractivity contribution in [2.45, 2.75) is 37.9 Å². The Kier molecular flexibility index (Phi) is 1.43. The predicted octanol–water partition coefficient (Wildman–Crippen LogP) is 0.357. The lowest BCUT2D eigenvalue weighted by Crippen LogP contribution is -2.55. The number of hydrogen-bond donors (Lipinski definition) is 2. The molecule has 13 heavy (non-hydrogen) atoms. The Balaban J connectivity index is 2.33. The van der Waals surface area contributed by atoms with E-state index in [1.54, 1.807) is 0 Å². The summed E-state index contributed by atoms with van der Waals surface area (Å²) in [6, 6.07) is 0. The highest BCUT2D eigenvalue weighted by atomic mass is 16.5. The first-order valence-corrected chi connectivity index (χ1v) is 4.51. The summed E-state index contributed by atoms with van der Waals surface area (Å²) in [5, 5.41) is 9.14. The van der Waals surface area contributed by atoms with E-state index in [0.717, 1.165) is 0 Å². The van der Waals surface area contributed by atoms with Gasteiger partial charge in [-0.05, 0) is 26.7 Å². The van der Waals surface area contributed by atoms with Gasteiger partial charge >= 0.3 is 5.97 Å². The van der Waals surface area contributed by atoms with Crippen molar-refractivity contribution in [3.05, 3.63) is 0 Å². The molecule has 0 aromatic rings. The molecule has 2 heterocycles. The second-order valence-corrected chi connectivity index (χ2v) is 4.74. The number of aliphatic carboxylic acids is 1. The summed E-state index contributed by atoms with van der Waals surface area (Å²) in [7, 11) is 0. The topological polar surface area (TPSA) is 72.5 Å². The molecule has 1 saturated carbocycles. The number of hydrogen-bond acceptors (Lipinski definition) is 3. The van der Waals surface area contributed by atoms with E-state index in [1.807, 2.05) is 13.8 Å². The van der Waals surface area contributed by atoms with Crippen molar-refractivity contribution in [3.8, 4) is 0 Å². The van der Waals surface area contributed by atoms with Gasteiger partial charge in [-0.25, -0.2) is 0 Å². The van der Waals surface area contributed by atoms with Gasteiger partial charge in [-0.2, -0.15) is 0 Å². The van der Waals surface area contributed by atoms with Crippen molar-refractivity contribution in [3.63, 3.8) is 0 Å². The minimum absolute atomic E-state index is 0.345. The molecule has 0 spiro atoms. The molecule has 2 saturated heterocycles. The number of nitrogens with two attached hydrogens (primary N) is 1. The molecule has 0 atom stereocenters. The molecular formula is C9H15NO3. The van der Waals surface area contributed by atoms with E-state index in [1.165, 1.54) is 0 Å². The van der Waals surface area contributed by atoms with Crippen molar-refractivity contribution in [2.75, 3.05) is 6.54 Å². The van der Waals surface area contributed by atoms with E-state index in [2.05, 4.69) is 0 Å². The Bertz CT molecular complexity index is 266. The molecule has 3 fully saturated rings. The van der Waals surface area contributed by atoms with Crippen LogP contribution in [0, 0.1) is 5.41 Å². The van der Waals surface area contributed by atoms with E-state index in [4.69, 9.17) is 15.6 Å². The molecule has 0 aromatic carbocycles. The molecule has 3 N–H and O–H groups in total. The van der Waals surface area contributed by atoms with Crippen LogP contribution in [-0.2, 0) is 9.53 Å². The van der Waals surface area contributed by atoms with Gasteiger partial charge in [0.2, 0.25) is 0 Å². The zero-order chi connectivity index (χ0) is 9.91. The second-order valence-electron chi connectivity index (χ2n) is 4.74. The van der Waals surface area contributed by atoms with Crippen LogP contribution in [0.2, 0.25) is 0 Å². The van der Waals surface area contributed by atoms with Crippen molar-refractivity contribution < 1.29 is 14.6 Å². The quantitative estimate of drug-likeness (QED) is 0.651. The van der Waals surface area contributed by atoms with Gasteiger partial charge in [0.1, 0.15) is 5.41 Å². The number of carbonyl (C=O) groups is 1. The minimum atomic E-state index is -0.751. The number of fused-ring (bicyclic) bond motifs is 1. The molecule has 0 radical (unpaired) electrons. The Hall–Kier alpha value is -0.610. The third kappa shape index (κ3) is 0.802. The van der Waals surface area contributed by atoms with E-state index in [-0.39, 0.29) is 5.60 Å². The highest BCUT2D eigenvalue weighted by Gasteiger charge is 2.74. The van der Waals surface area contributed by atoms with Crippen LogP contribution in [0.3, 0.4) is 0 Å². The van der Waals surface area contributed by atoms with Gasteiger partial charge in [0, 0.05) is 6.54 Å². The fourth-order valence-electron chi connectivity index (χ4n) is 2.78. The standard InChI is InChI=1S/C9H15NO3/c1-7(2)9(6(11)12)3-8(4-9,5-10)13-7/h3-5,10H2,1-2H3,(H,11,12).